The second-order valence-electron chi connectivity index (χ2n) is 8.09. The van der Waals surface area contributed by atoms with Gasteiger partial charge in [0.25, 0.3) is 0 Å². The van der Waals surface area contributed by atoms with E-state index in [1.54, 1.807) is 7.11 Å². The topological polar surface area (TPSA) is 61.4 Å². The number of methoxy groups -OCH3 is 1. The summed E-state index contributed by atoms with van der Waals surface area (Å²) < 4.78 is 10.9. The maximum Gasteiger partial charge on any atom is 0.191 e. The Balaban J connectivity index is 1.50. The molecular weight excluding hydrogens is 366 g/mol. The number of hydrogen-bond donors (Lipinski definition) is 2. The van der Waals surface area contributed by atoms with Crippen molar-refractivity contribution < 1.29 is 9.47 Å². The van der Waals surface area contributed by atoms with Gasteiger partial charge < -0.3 is 25.0 Å². The standard InChI is InChI=1S/C22H37N5O2/c1-17(27-11-12-29-16-18(27)2)14-24-22(23-3)25-19-7-6-10-26(15-19)20-8-5-9-21(13-20)28-4/h5,8-9,13,17-19H,6-7,10-12,14-16H2,1-4H3,(H2,23,24,25). The summed E-state index contributed by atoms with van der Waals surface area (Å²) in [6.45, 7) is 10.0. The van der Waals surface area contributed by atoms with Gasteiger partial charge in [-0.25, -0.2) is 0 Å². The molecule has 0 aliphatic carbocycles. The molecule has 0 aromatic heterocycles. The third-order valence-electron chi connectivity index (χ3n) is 5.95. The van der Waals surface area contributed by atoms with Crippen molar-refractivity contribution >= 4 is 11.6 Å². The van der Waals surface area contributed by atoms with Gasteiger partial charge >= 0.3 is 0 Å². The largest absolute Gasteiger partial charge is 0.497 e. The molecule has 1 aromatic carbocycles. The van der Waals surface area contributed by atoms with Crippen molar-refractivity contribution in [2.75, 3.05) is 58.5 Å². The molecule has 29 heavy (non-hydrogen) atoms. The summed E-state index contributed by atoms with van der Waals surface area (Å²) in [6, 6.07) is 9.59. The maximum absolute atomic E-state index is 5.56. The summed E-state index contributed by atoms with van der Waals surface area (Å²) in [5.41, 5.74) is 1.22. The first-order chi connectivity index (χ1) is 14.1. The van der Waals surface area contributed by atoms with Gasteiger partial charge in [0.15, 0.2) is 5.96 Å². The van der Waals surface area contributed by atoms with E-state index in [0.29, 0.717) is 18.1 Å². The van der Waals surface area contributed by atoms with Crippen LogP contribution in [0.3, 0.4) is 0 Å². The fourth-order valence-corrected chi connectivity index (χ4v) is 4.28. The first kappa shape index (κ1) is 21.7. The molecule has 0 saturated carbocycles. The quantitative estimate of drug-likeness (QED) is 0.559. The van der Waals surface area contributed by atoms with E-state index in [1.165, 1.54) is 5.69 Å². The van der Waals surface area contributed by atoms with Gasteiger partial charge in [-0.1, -0.05) is 6.07 Å². The number of nitrogens with zero attached hydrogens (tertiary/aromatic N) is 3. The number of guanidine groups is 1. The Labute approximate surface area is 175 Å². The van der Waals surface area contributed by atoms with Crippen molar-refractivity contribution in [2.45, 2.75) is 44.8 Å². The molecule has 2 aliphatic heterocycles. The first-order valence-electron chi connectivity index (χ1n) is 10.8. The number of rotatable bonds is 6. The number of morpholine rings is 1. The zero-order chi connectivity index (χ0) is 20.6. The third-order valence-corrected chi connectivity index (χ3v) is 5.95. The third kappa shape index (κ3) is 6.00. The lowest BCUT2D eigenvalue weighted by molar-refractivity contribution is -0.0174. The Kier molecular flexibility index (Phi) is 8.00. The van der Waals surface area contributed by atoms with Gasteiger partial charge in [0, 0.05) is 63.1 Å². The Morgan fingerprint density at radius 1 is 1.38 bits per heavy atom. The van der Waals surface area contributed by atoms with Crippen LogP contribution in [0.4, 0.5) is 5.69 Å². The lowest BCUT2D eigenvalue weighted by Crippen LogP contribution is -2.55. The van der Waals surface area contributed by atoms with Gasteiger partial charge in [-0.2, -0.15) is 0 Å². The summed E-state index contributed by atoms with van der Waals surface area (Å²) >= 11 is 0. The highest BCUT2D eigenvalue weighted by molar-refractivity contribution is 5.80. The van der Waals surface area contributed by atoms with E-state index in [2.05, 4.69) is 57.5 Å². The number of piperidine rings is 1. The number of nitrogens with one attached hydrogen (secondary N) is 2. The molecule has 3 unspecified atom stereocenters. The molecule has 3 rings (SSSR count). The summed E-state index contributed by atoms with van der Waals surface area (Å²) in [4.78, 5) is 9.39. The number of aliphatic imine (C=N–C) groups is 1. The minimum Gasteiger partial charge on any atom is -0.497 e. The van der Waals surface area contributed by atoms with Crippen molar-refractivity contribution in [2.24, 2.45) is 4.99 Å². The van der Waals surface area contributed by atoms with Gasteiger partial charge in [-0.3, -0.25) is 9.89 Å². The zero-order valence-electron chi connectivity index (χ0n) is 18.4. The van der Waals surface area contributed by atoms with Crippen LogP contribution < -0.4 is 20.3 Å². The molecule has 7 heteroatoms. The molecule has 1 aromatic rings. The molecule has 2 aliphatic rings. The number of anilines is 1. The van der Waals surface area contributed by atoms with E-state index in [4.69, 9.17) is 9.47 Å². The predicted octanol–water partition coefficient (Wildman–Crippen LogP) is 1.94. The summed E-state index contributed by atoms with van der Waals surface area (Å²) in [5, 5.41) is 7.15. The predicted molar refractivity (Wildman–Crippen MR) is 119 cm³/mol. The Hall–Kier alpha value is -1.99. The van der Waals surface area contributed by atoms with Gasteiger partial charge in [-0.15, -0.1) is 0 Å². The summed E-state index contributed by atoms with van der Waals surface area (Å²) in [7, 11) is 3.56. The molecule has 3 atom stereocenters. The van der Waals surface area contributed by atoms with Crippen LogP contribution in [0.2, 0.25) is 0 Å². The Bertz CT molecular complexity index is 668. The van der Waals surface area contributed by atoms with Gasteiger partial charge in [0.05, 0.1) is 20.3 Å². The van der Waals surface area contributed by atoms with Crippen LogP contribution in [-0.4, -0.2) is 82.5 Å². The van der Waals surface area contributed by atoms with Crippen LogP contribution in [0.5, 0.6) is 5.75 Å². The molecule has 0 radical (unpaired) electrons. The van der Waals surface area contributed by atoms with E-state index in [1.807, 2.05) is 13.1 Å². The average molecular weight is 404 g/mol. The van der Waals surface area contributed by atoms with Gasteiger partial charge in [0.1, 0.15) is 5.75 Å². The van der Waals surface area contributed by atoms with Crippen LogP contribution >= 0.6 is 0 Å². The van der Waals surface area contributed by atoms with Crippen LogP contribution in [-0.2, 0) is 4.74 Å². The molecule has 7 nitrogen and oxygen atoms in total. The molecule has 2 heterocycles. The molecule has 162 valence electrons. The molecule has 2 N–H and O–H groups in total. The van der Waals surface area contributed by atoms with E-state index in [-0.39, 0.29) is 0 Å². The fourth-order valence-electron chi connectivity index (χ4n) is 4.28. The highest BCUT2D eigenvalue weighted by atomic mass is 16.5. The number of ether oxygens (including phenoxy) is 2. The Morgan fingerprint density at radius 3 is 3.00 bits per heavy atom. The second-order valence-corrected chi connectivity index (χ2v) is 8.09. The zero-order valence-corrected chi connectivity index (χ0v) is 18.4. The first-order valence-corrected chi connectivity index (χ1v) is 10.8. The van der Waals surface area contributed by atoms with E-state index in [0.717, 1.165) is 63.9 Å². The highest BCUT2D eigenvalue weighted by Crippen LogP contribution is 2.24. The molecule has 0 amide bonds. The molecule has 2 saturated heterocycles. The minimum absolute atomic E-state index is 0.374. The number of benzene rings is 1. The molecule has 0 spiro atoms. The lowest BCUT2D eigenvalue weighted by Gasteiger charge is -2.38. The lowest BCUT2D eigenvalue weighted by atomic mass is 10.0. The highest BCUT2D eigenvalue weighted by Gasteiger charge is 2.25. The average Bonchev–Trinajstić information content (AvgIpc) is 2.77. The van der Waals surface area contributed by atoms with Crippen molar-refractivity contribution in [1.82, 2.24) is 15.5 Å². The Morgan fingerprint density at radius 2 is 2.24 bits per heavy atom. The normalized spacial score (nSPS) is 24.8. The smallest absolute Gasteiger partial charge is 0.191 e. The maximum atomic E-state index is 5.56. The summed E-state index contributed by atoms with van der Waals surface area (Å²) in [5.74, 6) is 1.79. The molecule has 0 bridgehead atoms. The van der Waals surface area contributed by atoms with Gasteiger partial charge in [-0.05, 0) is 38.8 Å². The summed E-state index contributed by atoms with van der Waals surface area (Å²) in [6.07, 6.45) is 2.31. The van der Waals surface area contributed by atoms with Gasteiger partial charge in [0.2, 0.25) is 0 Å². The van der Waals surface area contributed by atoms with Crippen LogP contribution in [0.1, 0.15) is 26.7 Å². The van der Waals surface area contributed by atoms with Crippen molar-refractivity contribution in [3.05, 3.63) is 24.3 Å². The van der Waals surface area contributed by atoms with Crippen molar-refractivity contribution in [3.63, 3.8) is 0 Å². The van der Waals surface area contributed by atoms with Crippen molar-refractivity contribution in [3.8, 4) is 5.75 Å². The second kappa shape index (κ2) is 10.7. The van der Waals surface area contributed by atoms with Crippen LogP contribution in [0, 0.1) is 0 Å². The SMILES string of the molecule is CN=C(NCC(C)N1CCOCC1C)NC1CCCN(c2cccc(OC)c2)C1. The van der Waals surface area contributed by atoms with Crippen LogP contribution in [0.15, 0.2) is 29.3 Å². The monoisotopic (exact) mass is 403 g/mol. The van der Waals surface area contributed by atoms with E-state index >= 15 is 0 Å². The minimum atomic E-state index is 0.374. The number of hydrogen-bond acceptors (Lipinski definition) is 5. The van der Waals surface area contributed by atoms with Crippen molar-refractivity contribution in [1.29, 1.82) is 0 Å². The molecule has 2 fully saturated rings. The van der Waals surface area contributed by atoms with Crippen LogP contribution in [0.25, 0.3) is 0 Å². The van der Waals surface area contributed by atoms with E-state index < -0.39 is 0 Å². The fraction of sp³-hybridized carbons (Fsp3) is 0.682. The van der Waals surface area contributed by atoms with E-state index in [9.17, 15) is 0 Å². The molecular formula is C22H37N5O2.